The number of halogens is 1. The summed E-state index contributed by atoms with van der Waals surface area (Å²) in [5.74, 6) is -0.164. The molecular formula is C18H22FN. The van der Waals surface area contributed by atoms with Gasteiger partial charge in [0.15, 0.2) is 0 Å². The Hall–Kier alpha value is -1.67. The first-order chi connectivity index (χ1) is 9.74. The molecule has 0 aromatic heterocycles. The molecule has 2 heteroatoms. The number of hydrogen-bond acceptors (Lipinski definition) is 1. The van der Waals surface area contributed by atoms with E-state index in [9.17, 15) is 4.39 Å². The van der Waals surface area contributed by atoms with Gasteiger partial charge in [0.2, 0.25) is 0 Å². The van der Waals surface area contributed by atoms with Gasteiger partial charge in [0, 0.05) is 6.04 Å². The maximum atomic E-state index is 12.8. The van der Waals surface area contributed by atoms with Crippen LogP contribution in [0, 0.1) is 5.82 Å². The second-order valence-corrected chi connectivity index (χ2v) is 5.27. The zero-order valence-corrected chi connectivity index (χ0v) is 12.0. The SMILES string of the molecule is CC(Cc1ccccc1)NCCCc1ccc(F)cc1. The van der Waals surface area contributed by atoms with Gasteiger partial charge in [0.05, 0.1) is 0 Å². The molecular weight excluding hydrogens is 249 g/mol. The number of benzene rings is 2. The molecule has 1 nitrogen and oxygen atoms in total. The zero-order valence-electron chi connectivity index (χ0n) is 12.0. The highest BCUT2D eigenvalue weighted by atomic mass is 19.1. The fourth-order valence-electron chi connectivity index (χ4n) is 2.33. The molecule has 0 saturated carbocycles. The van der Waals surface area contributed by atoms with Crippen LogP contribution in [0.4, 0.5) is 4.39 Å². The normalized spacial score (nSPS) is 12.3. The number of aryl methyl sites for hydroxylation is 1. The van der Waals surface area contributed by atoms with E-state index in [1.165, 1.54) is 23.3 Å². The van der Waals surface area contributed by atoms with E-state index >= 15 is 0 Å². The fourth-order valence-corrected chi connectivity index (χ4v) is 2.33. The first-order valence-corrected chi connectivity index (χ1v) is 7.26. The van der Waals surface area contributed by atoms with E-state index in [2.05, 4.69) is 36.5 Å². The summed E-state index contributed by atoms with van der Waals surface area (Å²) in [5.41, 5.74) is 2.56. The van der Waals surface area contributed by atoms with Crippen molar-refractivity contribution in [3.8, 4) is 0 Å². The number of nitrogens with one attached hydrogen (secondary N) is 1. The molecule has 2 aromatic carbocycles. The number of rotatable bonds is 7. The van der Waals surface area contributed by atoms with Crippen molar-refractivity contribution in [2.75, 3.05) is 6.54 Å². The molecule has 0 aliphatic rings. The second-order valence-electron chi connectivity index (χ2n) is 5.27. The van der Waals surface area contributed by atoms with E-state index in [0.29, 0.717) is 6.04 Å². The van der Waals surface area contributed by atoms with Gasteiger partial charge in [-0.05, 0) is 56.0 Å². The van der Waals surface area contributed by atoms with Crippen LogP contribution in [0.1, 0.15) is 24.5 Å². The van der Waals surface area contributed by atoms with Gasteiger partial charge < -0.3 is 5.32 Å². The lowest BCUT2D eigenvalue weighted by Gasteiger charge is -2.13. The highest BCUT2D eigenvalue weighted by Gasteiger charge is 2.02. The van der Waals surface area contributed by atoms with Crippen LogP contribution < -0.4 is 5.32 Å². The van der Waals surface area contributed by atoms with Gasteiger partial charge in [-0.2, -0.15) is 0 Å². The van der Waals surface area contributed by atoms with Crippen LogP contribution in [0.3, 0.4) is 0 Å². The standard InChI is InChI=1S/C18H22FN/c1-15(14-17-6-3-2-4-7-17)20-13-5-8-16-9-11-18(19)12-10-16/h2-4,6-7,9-12,15,20H,5,8,13-14H2,1H3. The van der Waals surface area contributed by atoms with Crippen LogP contribution in [-0.4, -0.2) is 12.6 Å². The largest absolute Gasteiger partial charge is 0.314 e. The van der Waals surface area contributed by atoms with Crippen LogP contribution in [0.2, 0.25) is 0 Å². The van der Waals surface area contributed by atoms with Crippen LogP contribution >= 0.6 is 0 Å². The third kappa shape index (κ3) is 5.14. The van der Waals surface area contributed by atoms with Crippen molar-refractivity contribution in [2.45, 2.75) is 32.2 Å². The average Bonchev–Trinajstić information content (AvgIpc) is 2.46. The molecule has 0 aliphatic heterocycles. The van der Waals surface area contributed by atoms with Gasteiger partial charge in [-0.3, -0.25) is 0 Å². The molecule has 0 bridgehead atoms. The quantitative estimate of drug-likeness (QED) is 0.751. The van der Waals surface area contributed by atoms with Crippen LogP contribution in [0.5, 0.6) is 0 Å². The molecule has 1 atom stereocenters. The van der Waals surface area contributed by atoms with Crippen LogP contribution in [0.25, 0.3) is 0 Å². The summed E-state index contributed by atoms with van der Waals surface area (Å²) in [5, 5.41) is 3.54. The Morgan fingerprint density at radius 2 is 1.65 bits per heavy atom. The molecule has 1 N–H and O–H groups in total. The lowest BCUT2D eigenvalue weighted by Crippen LogP contribution is -2.29. The van der Waals surface area contributed by atoms with E-state index in [4.69, 9.17) is 0 Å². The fraction of sp³-hybridized carbons (Fsp3) is 0.333. The first kappa shape index (κ1) is 14.7. The summed E-state index contributed by atoms with van der Waals surface area (Å²) in [4.78, 5) is 0. The van der Waals surface area contributed by atoms with Crippen molar-refractivity contribution < 1.29 is 4.39 Å². The van der Waals surface area contributed by atoms with Gasteiger partial charge in [0.1, 0.15) is 5.82 Å². The van der Waals surface area contributed by atoms with E-state index < -0.39 is 0 Å². The molecule has 0 amide bonds. The summed E-state index contributed by atoms with van der Waals surface area (Å²) in [6.07, 6.45) is 3.12. The third-order valence-electron chi connectivity index (χ3n) is 3.43. The Kier molecular flexibility index (Phi) is 5.75. The Bertz CT molecular complexity index is 493. The summed E-state index contributed by atoms with van der Waals surface area (Å²) in [7, 11) is 0. The third-order valence-corrected chi connectivity index (χ3v) is 3.43. The molecule has 0 fully saturated rings. The lowest BCUT2D eigenvalue weighted by molar-refractivity contribution is 0.534. The smallest absolute Gasteiger partial charge is 0.123 e. The topological polar surface area (TPSA) is 12.0 Å². The summed E-state index contributed by atoms with van der Waals surface area (Å²) in [6.45, 7) is 3.20. The van der Waals surface area contributed by atoms with Crippen molar-refractivity contribution in [1.29, 1.82) is 0 Å². The molecule has 0 spiro atoms. The monoisotopic (exact) mass is 271 g/mol. The first-order valence-electron chi connectivity index (χ1n) is 7.26. The highest BCUT2D eigenvalue weighted by Crippen LogP contribution is 2.06. The van der Waals surface area contributed by atoms with E-state index in [1.807, 2.05) is 18.2 Å². The van der Waals surface area contributed by atoms with Gasteiger partial charge in [-0.25, -0.2) is 4.39 Å². The molecule has 0 aliphatic carbocycles. The van der Waals surface area contributed by atoms with Gasteiger partial charge in [-0.15, -0.1) is 0 Å². The van der Waals surface area contributed by atoms with Crippen molar-refractivity contribution in [2.24, 2.45) is 0 Å². The van der Waals surface area contributed by atoms with Crippen molar-refractivity contribution in [1.82, 2.24) is 5.32 Å². The molecule has 0 saturated heterocycles. The minimum Gasteiger partial charge on any atom is -0.314 e. The second kappa shape index (κ2) is 7.81. The Morgan fingerprint density at radius 3 is 2.35 bits per heavy atom. The molecule has 0 heterocycles. The molecule has 0 radical (unpaired) electrons. The Balaban J connectivity index is 1.64. The molecule has 20 heavy (non-hydrogen) atoms. The minimum absolute atomic E-state index is 0.164. The van der Waals surface area contributed by atoms with E-state index in [1.54, 1.807) is 0 Å². The van der Waals surface area contributed by atoms with E-state index in [-0.39, 0.29) is 5.82 Å². The molecule has 2 rings (SSSR count). The maximum absolute atomic E-state index is 12.8. The van der Waals surface area contributed by atoms with Crippen LogP contribution in [-0.2, 0) is 12.8 Å². The molecule has 2 aromatic rings. The van der Waals surface area contributed by atoms with Gasteiger partial charge >= 0.3 is 0 Å². The lowest BCUT2D eigenvalue weighted by atomic mass is 10.1. The van der Waals surface area contributed by atoms with Gasteiger partial charge in [0.25, 0.3) is 0 Å². The Labute approximate surface area is 120 Å². The summed E-state index contributed by atoms with van der Waals surface area (Å²) in [6, 6.07) is 17.8. The highest BCUT2D eigenvalue weighted by molar-refractivity contribution is 5.16. The van der Waals surface area contributed by atoms with E-state index in [0.717, 1.165) is 25.8 Å². The minimum atomic E-state index is -0.164. The predicted molar refractivity (Wildman–Crippen MR) is 82.3 cm³/mol. The van der Waals surface area contributed by atoms with Crippen molar-refractivity contribution >= 4 is 0 Å². The molecule has 106 valence electrons. The molecule has 1 unspecified atom stereocenters. The average molecular weight is 271 g/mol. The predicted octanol–water partition coefficient (Wildman–Crippen LogP) is 3.98. The Morgan fingerprint density at radius 1 is 0.950 bits per heavy atom. The zero-order chi connectivity index (χ0) is 14.2. The van der Waals surface area contributed by atoms with Crippen molar-refractivity contribution in [3.63, 3.8) is 0 Å². The van der Waals surface area contributed by atoms with Crippen LogP contribution in [0.15, 0.2) is 54.6 Å². The maximum Gasteiger partial charge on any atom is 0.123 e. The summed E-state index contributed by atoms with van der Waals surface area (Å²) >= 11 is 0. The van der Waals surface area contributed by atoms with Crippen molar-refractivity contribution in [3.05, 3.63) is 71.5 Å². The van der Waals surface area contributed by atoms with Gasteiger partial charge in [-0.1, -0.05) is 42.5 Å². The summed E-state index contributed by atoms with van der Waals surface area (Å²) < 4.78 is 12.8. The number of hydrogen-bond donors (Lipinski definition) is 1.